The van der Waals surface area contributed by atoms with Crippen molar-refractivity contribution in [3.63, 3.8) is 0 Å². The van der Waals surface area contributed by atoms with E-state index in [0.29, 0.717) is 18.0 Å². The first-order valence-electron chi connectivity index (χ1n) is 9.67. The molecule has 7 heteroatoms. The van der Waals surface area contributed by atoms with Crippen LogP contribution in [0.4, 0.5) is 0 Å². The lowest BCUT2D eigenvalue weighted by Crippen LogP contribution is -2.36. The highest BCUT2D eigenvalue weighted by atomic mass is 16.5. The Morgan fingerprint density at radius 2 is 1.85 bits per heavy atom. The van der Waals surface area contributed by atoms with Crippen LogP contribution in [-0.2, 0) is 13.1 Å². The van der Waals surface area contributed by atoms with Crippen LogP contribution < -0.4 is 15.2 Å². The smallest absolute Gasteiger partial charge is 0.161 e. The number of aromatic nitrogens is 3. The van der Waals surface area contributed by atoms with Crippen LogP contribution in [0.25, 0.3) is 0 Å². The number of benzene rings is 1. The number of nitrogens with zero attached hydrogens (tertiary/aromatic N) is 4. The molecule has 7 nitrogen and oxygen atoms in total. The fourth-order valence-electron chi connectivity index (χ4n) is 3.91. The van der Waals surface area contributed by atoms with E-state index in [1.807, 2.05) is 12.1 Å². The lowest BCUT2D eigenvalue weighted by atomic mass is 9.80. The van der Waals surface area contributed by atoms with Gasteiger partial charge in [-0.25, -0.2) is 0 Å². The average molecular weight is 371 g/mol. The van der Waals surface area contributed by atoms with Gasteiger partial charge in [0.05, 0.1) is 20.8 Å². The van der Waals surface area contributed by atoms with Gasteiger partial charge in [0, 0.05) is 24.5 Å². The summed E-state index contributed by atoms with van der Waals surface area (Å²) in [4.78, 5) is 2.26. The number of ether oxygens (including phenoxy) is 2. The number of hydrogen-bond acceptors (Lipinski definition) is 6. The van der Waals surface area contributed by atoms with Crippen LogP contribution in [0.3, 0.4) is 0 Å². The molecule has 0 spiro atoms. The first-order chi connectivity index (χ1) is 13.1. The fraction of sp³-hybridized carbons (Fsp3) is 0.600. The standard InChI is InChI=1S/C20H29N5O2/c1-24(11-13-4-7-17(26-2)18(8-13)27-3)12-19-22-23-20(14-9-15(21)10-14)25(19)16-5-6-16/h4,7-8,14-16H,5-6,9-12,21H2,1-3H3. The average Bonchev–Trinajstić information content (AvgIpc) is 3.40. The lowest BCUT2D eigenvalue weighted by Gasteiger charge is -2.32. The van der Waals surface area contributed by atoms with Crippen LogP contribution in [0, 0.1) is 0 Å². The van der Waals surface area contributed by atoms with Gasteiger partial charge in [0.25, 0.3) is 0 Å². The van der Waals surface area contributed by atoms with E-state index in [9.17, 15) is 0 Å². The largest absolute Gasteiger partial charge is 0.493 e. The molecule has 0 atom stereocenters. The molecule has 0 unspecified atom stereocenters. The van der Waals surface area contributed by atoms with E-state index in [-0.39, 0.29) is 0 Å². The quantitative estimate of drug-likeness (QED) is 0.768. The van der Waals surface area contributed by atoms with Gasteiger partial charge in [0.1, 0.15) is 11.6 Å². The summed E-state index contributed by atoms with van der Waals surface area (Å²) >= 11 is 0. The molecule has 0 aliphatic heterocycles. The van der Waals surface area contributed by atoms with Gasteiger partial charge in [0.15, 0.2) is 11.5 Å². The van der Waals surface area contributed by atoms with E-state index in [1.54, 1.807) is 14.2 Å². The zero-order valence-electron chi connectivity index (χ0n) is 16.4. The summed E-state index contributed by atoms with van der Waals surface area (Å²) in [7, 11) is 5.43. The van der Waals surface area contributed by atoms with E-state index >= 15 is 0 Å². The van der Waals surface area contributed by atoms with Gasteiger partial charge in [-0.15, -0.1) is 10.2 Å². The summed E-state index contributed by atoms with van der Waals surface area (Å²) in [6.45, 7) is 1.58. The molecule has 2 N–H and O–H groups in total. The topological polar surface area (TPSA) is 78.4 Å². The Morgan fingerprint density at radius 3 is 2.48 bits per heavy atom. The molecular formula is C20H29N5O2. The predicted molar refractivity (Wildman–Crippen MR) is 103 cm³/mol. The predicted octanol–water partition coefficient (Wildman–Crippen LogP) is 2.47. The molecule has 1 aromatic carbocycles. The highest BCUT2D eigenvalue weighted by molar-refractivity contribution is 5.42. The Hall–Kier alpha value is -2.12. The summed E-state index contributed by atoms with van der Waals surface area (Å²) in [6, 6.07) is 6.96. The van der Waals surface area contributed by atoms with Gasteiger partial charge in [-0.3, -0.25) is 4.90 Å². The van der Waals surface area contributed by atoms with Gasteiger partial charge >= 0.3 is 0 Å². The van der Waals surface area contributed by atoms with E-state index in [4.69, 9.17) is 15.2 Å². The molecule has 0 saturated heterocycles. The third-order valence-corrected chi connectivity index (χ3v) is 5.56. The number of rotatable bonds is 8. The molecule has 1 heterocycles. The molecule has 1 aromatic heterocycles. The maximum absolute atomic E-state index is 5.98. The minimum absolute atomic E-state index is 0.329. The first kappa shape index (κ1) is 18.3. The molecule has 2 saturated carbocycles. The van der Waals surface area contributed by atoms with Crippen molar-refractivity contribution < 1.29 is 9.47 Å². The van der Waals surface area contributed by atoms with Crippen molar-refractivity contribution in [2.75, 3.05) is 21.3 Å². The molecule has 0 bridgehead atoms. The lowest BCUT2D eigenvalue weighted by molar-refractivity contribution is 0.297. The second kappa shape index (κ2) is 7.48. The molecule has 27 heavy (non-hydrogen) atoms. The number of nitrogens with two attached hydrogens (primary N) is 1. The highest BCUT2D eigenvalue weighted by Crippen LogP contribution is 2.42. The van der Waals surface area contributed by atoms with Crippen molar-refractivity contribution in [1.82, 2.24) is 19.7 Å². The third-order valence-electron chi connectivity index (χ3n) is 5.56. The minimum Gasteiger partial charge on any atom is -0.493 e. The van der Waals surface area contributed by atoms with E-state index in [0.717, 1.165) is 49.1 Å². The van der Waals surface area contributed by atoms with Crippen molar-refractivity contribution in [2.45, 2.75) is 56.8 Å². The molecule has 146 valence electrons. The van der Waals surface area contributed by atoms with Crippen LogP contribution in [0.15, 0.2) is 18.2 Å². The Kier molecular flexibility index (Phi) is 5.06. The van der Waals surface area contributed by atoms with E-state index in [1.165, 1.54) is 18.4 Å². The van der Waals surface area contributed by atoms with Crippen LogP contribution in [0.2, 0.25) is 0 Å². The summed E-state index contributed by atoms with van der Waals surface area (Å²) < 4.78 is 13.1. The van der Waals surface area contributed by atoms with Gasteiger partial charge in [0.2, 0.25) is 0 Å². The van der Waals surface area contributed by atoms with Gasteiger partial charge in [-0.2, -0.15) is 0 Å². The van der Waals surface area contributed by atoms with Crippen molar-refractivity contribution in [3.8, 4) is 11.5 Å². The maximum Gasteiger partial charge on any atom is 0.161 e. The minimum atomic E-state index is 0.329. The van der Waals surface area contributed by atoms with Crippen molar-refractivity contribution in [2.24, 2.45) is 5.73 Å². The van der Waals surface area contributed by atoms with Crippen molar-refractivity contribution >= 4 is 0 Å². The Bertz CT molecular complexity index is 796. The summed E-state index contributed by atoms with van der Waals surface area (Å²) in [5, 5.41) is 9.07. The molecular weight excluding hydrogens is 342 g/mol. The zero-order valence-corrected chi connectivity index (χ0v) is 16.4. The second-order valence-corrected chi connectivity index (χ2v) is 7.87. The van der Waals surface area contributed by atoms with Gasteiger partial charge < -0.3 is 19.8 Å². The van der Waals surface area contributed by atoms with Crippen LogP contribution in [0.5, 0.6) is 11.5 Å². The Morgan fingerprint density at radius 1 is 1.11 bits per heavy atom. The Labute approximate surface area is 160 Å². The third kappa shape index (κ3) is 3.80. The Balaban J connectivity index is 1.46. The van der Waals surface area contributed by atoms with Gasteiger partial charge in [-0.05, 0) is 50.4 Å². The maximum atomic E-state index is 5.98. The molecule has 2 aromatic rings. The zero-order chi connectivity index (χ0) is 19.0. The van der Waals surface area contributed by atoms with Crippen LogP contribution >= 0.6 is 0 Å². The molecule has 2 fully saturated rings. The fourth-order valence-corrected chi connectivity index (χ4v) is 3.91. The van der Waals surface area contributed by atoms with E-state index < -0.39 is 0 Å². The number of methoxy groups -OCH3 is 2. The molecule has 0 amide bonds. The van der Waals surface area contributed by atoms with Gasteiger partial charge in [-0.1, -0.05) is 6.07 Å². The monoisotopic (exact) mass is 371 g/mol. The van der Waals surface area contributed by atoms with Crippen LogP contribution in [0.1, 0.15) is 54.9 Å². The molecule has 2 aliphatic rings. The second-order valence-electron chi connectivity index (χ2n) is 7.87. The van der Waals surface area contributed by atoms with Crippen LogP contribution in [-0.4, -0.2) is 47.0 Å². The summed E-state index contributed by atoms with van der Waals surface area (Å²) in [6.07, 6.45) is 4.53. The summed E-state index contributed by atoms with van der Waals surface area (Å²) in [5.41, 5.74) is 7.16. The molecule has 4 rings (SSSR count). The van der Waals surface area contributed by atoms with E-state index in [2.05, 4.69) is 32.8 Å². The van der Waals surface area contributed by atoms with Crippen molar-refractivity contribution in [3.05, 3.63) is 35.4 Å². The normalized spacial score (nSPS) is 22.0. The van der Waals surface area contributed by atoms with Crippen molar-refractivity contribution in [1.29, 1.82) is 0 Å². The molecule has 0 radical (unpaired) electrons. The number of hydrogen-bond donors (Lipinski definition) is 1. The highest BCUT2D eigenvalue weighted by Gasteiger charge is 2.36. The SMILES string of the molecule is COc1ccc(CN(C)Cc2nnc(C3CC(N)C3)n2C2CC2)cc1OC. The summed E-state index contributed by atoms with van der Waals surface area (Å²) in [5.74, 6) is 4.21. The molecule has 2 aliphatic carbocycles. The first-order valence-corrected chi connectivity index (χ1v) is 9.67.